The minimum absolute atomic E-state index is 0.154. The summed E-state index contributed by atoms with van der Waals surface area (Å²) in [4.78, 5) is 9.73. The van der Waals surface area contributed by atoms with E-state index in [2.05, 4.69) is 109 Å². The highest BCUT2D eigenvalue weighted by molar-refractivity contribution is 8.03. The standard InChI is InChI=1S/C36H49FN4S/c1-6-10-33(11-7-2)42-34-16-14-32(15-17-34)39-25-28(4)26-40-21-18-29(19-22-40)36(5,30-12-9-13-31(37)24-30)27-41-23-20-38-35(41)8-3/h6,9-17,20,23-24,28-29,39H,7-8,18-19,21-22,25-27H2,1-5H3/b10-6-,33-11+. The summed E-state index contributed by atoms with van der Waals surface area (Å²) in [5.74, 6) is 1.96. The van der Waals surface area contributed by atoms with Crippen LogP contribution in [0.1, 0.15) is 65.3 Å². The van der Waals surface area contributed by atoms with Crippen LogP contribution in [0.25, 0.3) is 0 Å². The van der Waals surface area contributed by atoms with Gasteiger partial charge in [0.05, 0.1) is 0 Å². The number of hydrogen-bond donors (Lipinski definition) is 1. The highest BCUT2D eigenvalue weighted by atomic mass is 32.2. The van der Waals surface area contributed by atoms with Crippen LogP contribution in [0.15, 0.2) is 89.0 Å². The number of imidazole rings is 1. The van der Waals surface area contributed by atoms with Gasteiger partial charge in [-0.05, 0) is 93.1 Å². The number of allylic oxidation sites excluding steroid dienone is 3. The monoisotopic (exact) mass is 588 g/mol. The smallest absolute Gasteiger partial charge is 0.123 e. The van der Waals surface area contributed by atoms with Crippen molar-refractivity contribution in [3.8, 4) is 0 Å². The Morgan fingerprint density at radius 3 is 2.60 bits per heavy atom. The van der Waals surface area contributed by atoms with Gasteiger partial charge in [-0.2, -0.15) is 0 Å². The number of benzene rings is 2. The topological polar surface area (TPSA) is 33.1 Å². The molecular weight excluding hydrogens is 539 g/mol. The summed E-state index contributed by atoms with van der Waals surface area (Å²) < 4.78 is 16.7. The fraction of sp³-hybridized carbons (Fsp3) is 0.472. The van der Waals surface area contributed by atoms with Gasteiger partial charge in [0, 0.05) is 59.4 Å². The van der Waals surface area contributed by atoms with E-state index < -0.39 is 0 Å². The summed E-state index contributed by atoms with van der Waals surface area (Å²) in [6, 6.07) is 16.1. The highest BCUT2D eigenvalue weighted by Crippen LogP contribution is 2.40. The highest BCUT2D eigenvalue weighted by Gasteiger charge is 2.39. The van der Waals surface area contributed by atoms with Crippen LogP contribution in [0.2, 0.25) is 0 Å². The average molecular weight is 589 g/mol. The SMILES string of the molecule is C/C=C\C(=C/CC)Sc1ccc(NCC(C)CN2CCC(C(C)(Cn3ccnc3CC)c3cccc(F)c3)CC2)cc1. The molecule has 42 heavy (non-hydrogen) atoms. The third kappa shape index (κ3) is 8.61. The average Bonchev–Trinajstić information content (AvgIpc) is 3.44. The van der Waals surface area contributed by atoms with Crippen molar-refractivity contribution in [2.45, 2.75) is 77.2 Å². The van der Waals surface area contributed by atoms with Crippen molar-refractivity contribution in [2.75, 3.05) is 31.5 Å². The van der Waals surface area contributed by atoms with E-state index in [0.29, 0.717) is 11.8 Å². The Hall–Kier alpha value is -2.83. The first kappa shape index (κ1) is 32.1. The van der Waals surface area contributed by atoms with E-state index >= 15 is 0 Å². The summed E-state index contributed by atoms with van der Waals surface area (Å²) in [6.07, 6.45) is 14.7. The van der Waals surface area contributed by atoms with Crippen LogP contribution in [0.3, 0.4) is 0 Å². The molecule has 0 amide bonds. The Labute approximate surface area is 257 Å². The fourth-order valence-corrected chi connectivity index (χ4v) is 7.29. The lowest BCUT2D eigenvalue weighted by atomic mass is 9.67. The molecule has 4 rings (SSSR count). The molecule has 0 saturated carbocycles. The maximum Gasteiger partial charge on any atom is 0.123 e. The molecule has 0 aliphatic carbocycles. The quantitative estimate of drug-likeness (QED) is 0.151. The number of aromatic nitrogens is 2. The molecule has 226 valence electrons. The van der Waals surface area contributed by atoms with E-state index in [9.17, 15) is 4.39 Å². The number of thioether (sulfide) groups is 1. The summed E-state index contributed by atoms with van der Waals surface area (Å²) in [7, 11) is 0. The molecule has 1 N–H and O–H groups in total. The first-order valence-electron chi connectivity index (χ1n) is 15.7. The number of piperidine rings is 1. The second-order valence-electron chi connectivity index (χ2n) is 12.0. The molecule has 1 aliphatic rings. The fourth-order valence-electron chi connectivity index (χ4n) is 6.29. The van der Waals surface area contributed by atoms with Crippen molar-refractivity contribution >= 4 is 17.4 Å². The Morgan fingerprint density at radius 1 is 1.17 bits per heavy atom. The number of hydrogen-bond acceptors (Lipinski definition) is 4. The van der Waals surface area contributed by atoms with Crippen LogP contribution in [-0.4, -0.2) is 40.6 Å². The first-order valence-corrected chi connectivity index (χ1v) is 16.5. The van der Waals surface area contributed by atoms with E-state index in [-0.39, 0.29) is 11.2 Å². The lowest BCUT2D eigenvalue weighted by molar-refractivity contribution is 0.113. The number of aryl methyl sites for hydroxylation is 1. The molecule has 1 aliphatic heterocycles. The molecule has 3 aromatic rings. The van der Waals surface area contributed by atoms with E-state index in [0.717, 1.165) is 69.8 Å². The molecule has 2 aromatic carbocycles. The molecule has 1 saturated heterocycles. The molecule has 0 spiro atoms. The second-order valence-corrected chi connectivity index (χ2v) is 13.1. The van der Waals surface area contributed by atoms with Gasteiger partial charge in [-0.3, -0.25) is 0 Å². The number of nitrogens with zero attached hydrogens (tertiary/aromatic N) is 3. The number of rotatable bonds is 14. The number of halogens is 1. The van der Waals surface area contributed by atoms with Gasteiger partial charge in [0.2, 0.25) is 0 Å². The molecule has 2 atom stereocenters. The number of anilines is 1. The van der Waals surface area contributed by atoms with Crippen LogP contribution < -0.4 is 5.32 Å². The number of nitrogens with one attached hydrogen (secondary N) is 1. The first-order chi connectivity index (χ1) is 20.3. The van der Waals surface area contributed by atoms with E-state index in [1.165, 1.54) is 15.5 Å². The van der Waals surface area contributed by atoms with Gasteiger partial charge in [-0.1, -0.05) is 69.8 Å². The molecule has 6 heteroatoms. The Bertz CT molecular complexity index is 1310. The predicted octanol–water partition coefficient (Wildman–Crippen LogP) is 8.96. The van der Waals surface area contributed by atoms with E-state index in [1.807, 2.05) is 24.0 Å². The predicted molar refractivity (Wildman–Crippen MR) is 178 cm³/mol. The van der Waals surface area contributed by atoms with Gasteiger partial charge >= 0.3 is 0 Å². The van der Waals surface area contributed by atoms with Crippen LogP contribution >= 0.6 is 11.8 Å². The van der Waals surface area contributed by atoms with Crippen molar-refractivity contribution in [1.82, 2.24) is 14.5 Å². The molecule has 0 radical (unpaired) electrons. The Kier molecular flexibility index (Phi) is 11.9. The van der Waals surface area contributed by atoms with Crippen molar-refractivity contribution < 1.29 is 4.39 Å². The number of likely N-dealkylation sites (tertiary alicyclic amines) is 1. The van der Waals surface area contributed by atoms with Gasteiger partial charge in [0.1, 0.15) is 11.6 Å². The molecule has 1 aromatic heterocycles. The third-order valence-electron chi connectivity index (χ3n) is 8.64. The molecule has 2 unspecified atom stereocenters. The van der Waals surface area contributed by atoms with Gasteiger partial charge in [-0.15, -0.1) is 0 Å². The minimum Gasteiger partial charge on any atom is -0.385 e. The zero-order chi connectivity index (χ0) is 30.0. The molecular formula is C36H49FN4S. The van der Waals surface area contributed by atoms with Crippen LogP contribution in [0.4, 0.5) is 10.1 Å². The Balaban J connectivity index is 1.31. The lowest BCUT2D eigenvalue weighted by Gasteiger charge is -2.44. The van der Waals surface area contributed by atoms with E-state index in [4.69, 9.17) is 0 Å². The molecule has 1 fully saturated rings. The Morgan fingerprint density at radius 2 is 1.93 bits per heavy atom. The van der Waals surface area contributed by atoms with Gasteiger partial charge in [-0.25, -0.2) is 9.37 Å². The summed E-state index contributed by atoms with van der Waals surface area (Å²) in [5, 5.41) is 3.65. The minimum atomic E-state index is -0.156. The third-order valence-corrected chi connectivity index (χ3v) is 9.69. The van der Waals surface area contributed by atoms with Crippen LogP contribution in [-0.2, 0) is 18.4 Å². The van der Waals surface area contributed by atoms with Crippen molar-refractivity contribution in [2.24, 2.45) is 11.8 Å². The summed E-state index contributed by atoms with van der Waals surface area (Å²) in [5.41, 5.74) is 2.11. The van der Waals surface area contributed by atoms with Gasteiger partial charge < -0.3 is 14.8 Å². The zero-order valence-corrected chi connectivity index (χ0v) is 27.0. The largest absolute Gasteiger partial charge is 0.385 e. The van der Waals surface area contributed by atoms with Gasteiger partial charge in [0.15, 0.2) is 0 Å². The zero-order valence-electron chi connectivity index (χ0n) is 26.2. The second kappa shape index (κ2) is 15.6. The molecule has 2 heterocycles. The van der Waals surface area contributed by atoms with Crippen LogP contribution in [0.5, 0.6) is 0 Å². The normalized spacial score (nSPS) is 17.4. The van der Waals surface area contributed by atoms with E-state index in [1.54, 1.807) is 12.1 Å². The van der Waals surface area contributed by atoms with Gasteiger partial charge in [0.25, 0.3) is 0 Å². The van der Waals surface area contributed by atoms with Crippen molar-refractivity contribution in [3.63, 3.8) is 0 Å². The maximum absolute atomic E-state index is 14.4. The summed E-state index contributed by atoms with van der Waals surface area (Å²) in [6.45, 7) is 16.1. The van der Waals surface area contributed by atoms with Crippen molar-refractivity contribution in [3.05, 3.63) is 101 Å². The molecule has 4 nitrogen and oxygen atoms in total. The summed E-state index contributed by atoms with van der Waals surface area (Å²) >= 11 is 1.81. The van der Waals surface area contributed by atoms with Crippen LogP contribution in [0, 0.1) is 17.7 Å². The lowest BCUT2D eigenvalue weighted by Crippen LogP contribution is -2.45. The molecule has 0 bridgehead atoms. The maximum atomic E-state index is 14.4. The van der Waals surface area contributed by atoms with Crippen molar-refractivity contribution in [1.29, 1.82) is 0 Å².